The predicted molar refractivity (Wildman–Crippen MR) is 107 cm³/mol. The molecule has 3 aliphatic rings. The zero-order valence-electron chi connectivity index (χ0n) is 14.5. The van der Waals surface area contributed by atoms with Crippen molar-refractivity contribution in [3.05, 3.63) is 34.2 Å². The number of benzene rings is 1. The Kier molecular flexibility index (Phi) is 4.52. The molecule has 2 unspecified atom stereocenters. The lowest BCUT2D eigenvalue weighted by Gasteiger charge is -2.21. The van der Waals surface area contributed by atoms with Crippen molar-refractivity contribution >= 4 is 51.9 Å². The van der Waals surface area contributed by atoms with Crippen molar-refractivity contribution in [2.24, 2.45) is 0 Å². The fourth-order valence-corrected chi connectivity index (χ4v) is 5.59. The summed E-state index contributed by atoms with van der Waals surface area (Å²) in [7, 11) is 2.17. The van der Waals surface area contributed by atoms with Crippen molar-refractivity contribution in [2.45, 2.75) is 37.6 Å². The molecule has 1 N–H and O–H groups in total. The van der Waals surface area contributed by atoms with E-state index in [2.05, 4.69) is 24.1 Å². The van der Waals surface area contributed by atoms with E-state index in [9.17, 15) is 9.59 Å². The van der Waals surface area contributed by atoms with Gasteiger partial charge in [-0.05, 0) is 42.2 Å². The summed E-state index contributed by atoms with van der Waals surface area (Å²) in [5, 5.41) is 8.83. The zero-order chi connectivity index (χ0) is 18.4. The van der Waals surface area contributed by atoms with Gasteiger partial charge < -0.3 is 10.0 Å². The predicted octanol–water partition coefficient (Wildman–Crippen LogP) is 3.45. The van der Waals surface area contributed by atoms with Crippen LogP contribution in [0.1, 0.15) is 42.7 Å². The molecule has 1 saturated heterocycles. The highest BCUT2D eigenvalue weighted by Crippen LogP contribution is 2.48. The summed E-state index contributed by atoms with van der Waals surface area (Å²) >= 11 is 6.49. The molecule has 2 fully saturated rings. The van der Waals surface area contributed by atoms with Crippen molar-refractivity contribution < 1.29 is 14.7 Å². The van der Waals surface area contributed by atoms with Crippen molar-refractivity contribution in [2.75, 3.05) is 18.5 Å². The zero-order valence-corrected chi connectivity index (χ0v) is 16.1. The first-order chi connectivity index (χ1) is 12.5. The van der Waals surface area contributed by atoms with E-state index in [4.69, 9.17) is 17.3 Å². The molecule has 0 aromatic heterocycles. The maximum Gasteiger partial charge on any atom is 0.305 e. The number of nitrogens with zero attached hydrogens (tertiary/aromatic N) is 2. The molecule has 1 aliphatic carbocycles. The summed E-state index contributed by atoms with van der Waals surface area (Å²) in [4.78, 5) is 27.6. The van der Waals surface area contributed by atoms with E-state index >= 15 is 0 Å². The largest absolute Gasteiger partial charge is 0.481 e. The van der Waals surface area contributed by atoms with Crippen LogP contribution in [0.5, 0.6) is 0 Å². The maximum absolute atomic E-state index is 12.5. The third kappa shape index (κ3) is 2.93. The van der Waals surface area contributed by atoms with Crippen LogP contribution in [0.15, 0.2) is 23.1 Å². The van der Waals surface area contributed by atoms with E-state index in [1.165, 1.54) is 47.2 Å². The fourth-order valence-electron chi connectivity index (χ4n) is 4.28. The normalized spacial score (nSPS) is 26.0. The van der Waals surface area contributed by atoms with Crippen LogP contribution in [0.4, 0.5) is 5.69 Å². The highest BCUT2D eigenvalue weighted by molar-refractivity contribution is 8.26. The summed E-state index contributed by atoms with van der Waals surface area (Å²) < 4.78 is 0.430. The van der Waals surface area contributed by atoms with Crippen LogP contribution in [0.25, 0.3) is 6.08 Å². The Hall–Kier alpha value is -1.86. The third-order valence-corrected chi connectivity index (χ3v) is 6.91. The van der Waals surface area contributed by atoms with Gasteiger partial charge in [0.15, 0.2) is 0 Å². The van der Waals surface area contributed by atoms with Gasteiger partial charge in [0.25, 0.3) is 5.91 Å². The third-order valence-electron chi connectivity index (χ3n) is 5.53. The summed E-state index contributed by atoms with van der Waals surface area (Å²) in [6, 6.07) is 6.99. The first kappa shape index (κ1) is 17.5. The number of thiocarbonyl (C=S) groups is 1. The number of likely N-dealkylation sites (N-methyl/N-ethyl adjacent to an activating group) is 1. The summed E-state index contributed by atoms with van der Waals surface area (Å²) in [5.74, 6) is -0.539. The van der Waals surface area contributed by atoms with Crippen molar-refractivity contribution in [3.8, 4) is 0 Å². The number of carboxylic acid groups (broad SMARTS) is 1. The number of thioether (sulfide) groups is 1. The minimum atomic E-state index is -0.933. The highest BCUT2D eigenvalue weighted by Gasteiger charge is 2.39. The van der Waals surface area contributed by atoms with Crippen LogP contribution in [-0.2, 0) is 9.59 Å². The van der Waals surface area contributed by atoms with Crippen molar-refractivity contribution in [1.82, 2.24) is 4.90 Å². The molecule has 0 spiro atoms. The first-order valence-corrected chi connectivity index (χ1v) is 10.0. The molecular formula is C19H20N2O3S2. The van der Waals surface area contributed by atoms with Crippen molar-refractivity contribution in [3.63, 3.8) is 0 Å². The average molecular weight is 389 g/mol. The standard InChI is InChI=1S/C19H20N2O3S2/c1-20-14-4-2-3-12(14)13-9-11(5-6-15(13)20)10-16-18(24)21(19(25)26-16)8-7-17(22)23/h5-6,9-10,12,14H,2-4,7-8H2,1H3,(H,22,23)/b16-10+. The number of carbonyl (C=O) groups excluding carboxylic acids is 1. The second-order valence-corrected chi connectivity index (χ2v) is 8.69. The second-order valence-electron chi connectivity index (χ2n) is 7.01. The van der Waals surface area contributed by atoms with Gasteiger partial charge in [-0.1, -0.05) is 36.5 Å². The SMILES string of the molecule is CN1c2ccc(/C=C3/SC(=S)N(CCC(=O)O)C3=O)cc2C2CCCC21. The maximum atomic E-state index is 12.5. The Morgan fingerprint density at radius 1 is 1.42 bits per heavy atom. The molecule has 136 valence electrons. The van der Waals surface area contributed by atoms with Gasteiger partial charge in [-0.25, -0.2) is 0 Å². The van der Waals surface area contributed by atoms with E-state index in [-0.39, 0.29) is 18.9 Å². The van der Waals surface area contributed by atoms with E-state index in [1.807, 2.05) is 12.1 Å². The molecule has 2 heterocycles. The van der Waals surface area contributed by atoms with Crippen LogP contribution in [0.3, 0.4) is 0 Å². The monoisotopic (exact) mass is 388 g/mol. The van der Waals surface area contributed by atoms with Crippen LogP contribution >= 0.6 is 24.0 Å². The van der Waals surface area contributed by atoms with E-state index in [0.29, 0.717) is 21.2 Å². The van der Waals surface area contributed by atoms with Gasteiger partial charge in [-0.15, -0.1) is 0 Å². The molecular weight excluding hydrogens is 368 g/mol. The molecule has 4 rings (SSSR count). The molecule has 2 aliphatic heterocycles. The molecule has 1 aromatic rings. The second kappa shape index (κ2) is 6.70. The number of anilines is 1. The van der Waals surface area contributed by atoms with Crippen LogP contribution in [0.2, 0.25) is 0 Å². The topological polar surface area (TPSA) is 60.9 Å². The molecule has 7 heteroatoms. The van der Waals surface area contributed by atoms with E-state index < -0.39 is 5.97 Å². The van der Waals surface area contributed by atoms with Gasteiger partial charge >= 0.3 is 5.97 Å². The molecule has 26 heavy (non-hydrogen) atoms. The van der Waals surface area contributed by atoms with Crippen molar-refractivity contribution in [1.29, 1.82) is 0 Å². The lowest BCUT2D eigenvalue weighted by Crippen LogP contribution is -2.30. The Balaban J connectivity index is 1.58. The molecule has 0 bridgehead atoms. The fraction of sp³-hybridized carbons (Fsp3) is 0.421. The number of fused-ring (bicyclic) bond motifs is 3. The smallest absolute Gasteiger partial charge is 0.305 e. The van der Waals surface area contributed by atoms with Gasteiger partial charge in [-0.2, -0.15) is 0 Å². The first-order valence-electron chi connectivity index (χ1n) is 8.79. The van der Waals surface area contributed by atoms with Gasteiger partial charge in [0.2, 0.25) is 0 Å². The van der Waals surface area contributed by atoms with Gasteiger partial charge in [-0.3, -0.25) is 14.5 Å². The Morgan fingerprint density at radius 2 is 2.23 bits per heavy atom. The lowest BCUT2D eigenvalue weighted by atomic mass is 9.96. The van der Waals surface area contributed by atoms with Crippen LogP contribution in [-0.4, -0.2) is 45.8 Å². The quantitative estimate of drug-likeness (QED) is 0.630. The molecule has 1 amide bonds. The summed E-state index contributed by atoms with van der Waals surface area (Å²) in [6.07, 6.45) is 5.51. The van der Waals surface area contributed by atoms with Gasteiger partial charge in [0, 0.05) is 31.2 Å². The van der Waals surface area contributed by atoms with E-state index in [1.54, 1.807) is 0 Å². The average Bonchev–Trinajstić information content (AvgIpc) is 3.24. The van der Waals surface area contributed by atoms with Gasteiger partial charge in [0.05, 0.1) is 11.3 Å². The number of carboxylic acids is 1. The minimum absolute atomic E-state index is 0.103. The molecule has 2 atom stereocenters. The number of aliphatic carboxylic acids is 1. The lowest BCUT2D eigenvalue weighted by molar-refractivity contribution is -0.137. The number of amides is 1. The number of hydrogen-bond donors (Lipinski definition) is 1. The Morgan fingerprint density at radius 3 is 3.00 bits per heavy atom. The summed E-state index contributed by atoms with van der Waals surface area (Å²) in [6.45, 7) is 0.121. The number of carbonyl (C=O) groups is 2. The van der Waals surface area contributed by atoms with Crippen LogP contribution in [0, 0.1) is 0 Å². The molecule has 0 radical (unpaired) electrons. The molecule has 1 aromatic carbocycles. The Labute approximate surface area is 162 Å². The molecule has 1 saturated carbocycles. The number of hydrogen-bond acceptors (Lipinski definition) is 5. The Bertz CT molecular complexity index is 836. The number of rotatable bonds is 4. The van der Waals surface area contributed by atoms with Crippen LogP contribution < -0.4 is 4.90 Å². The van der Waals surface area contributed by atoms with E-state index in [0.717, 1.165) is 5.56 Å². The molecule has 5 nitrogen and oxygen atoms in total. The highest BCUT2D eigenvalue weighted by atomic mass is 32.2. The van der Waals surface area contributed by atoms with Gasteiger partial charge in [0.1, 0.15) is 4.32 Å². The summed E-state index contributed by atoms with van der Waals surface area (Å²) in [5.41, 5.74) is 3.68. The minimum Gasteiger partial charge on any atom is -0.481 e.